The fourth-order valence-corrected chi connectivity index (χ4v) is 2.64. The van der Waals surface area contributed by atoms with E-state index in [-0.39, 0.29) is 11.4 Å². The van der Waals surface area contributed by atoms with Crippen molar-refractivity contribution in [1.82, 2.24) is 9.97 Å². The second-order valence-corrected chi connectivity index (χ2v) is 6.01. The molecule has 0 saturated heterocycles. The van der Waals surface area contributed by atoms with E-state index in [1.165, 1.54) is 12.1 Å². The number of nitrogens with one attached hydrogen (secondary N) is 2. The predicted molar refractivity (Wildman–Crippen MR) is 100 cm³/mol. The Morgan fingerprint density at radius 1 is 0.962 bits per heavy atom. The van der Waals surface area contributed by atoms with Gasteiger partial charge in [-0.1, -0.05) is 30.3 Å². The Morgan fingerprint density at radius 3 is 2.35 bits per heavy atom. The molecule has 0 bridgehead atoms. The molecule has 1 amide bonds. The van der Waals surface area contributed by atoms with Crippen LogP contribution in [0, 0.1) is 26.6 Å². The molecule has 3 aromatic rings. The Labute approximate surface area is 151 Å². The smallest absolute Gasteiger partial charge is 0.274 e. The first-order valence-corrected chi connectivity index (χ1v) is 8.19. The molecule has 0 aliphatic heterocycles. The quantitative estimate of drug-likeness (QED) is 0.725. The van der Waals surface area contributed by atoms with E-state index >= 15 is 0 Å². The van der Waals surface area contributed by atoms with Crippen LogP contribution in [-0.2, 0) is 0 Å². The van der Waals surface area contributed by atoms with Crippen molar-refractivity contribution in [3.63, 3.8) is 0 Å². The fourth-order valence-electron chi connectivity index (χ4n) is 2.64. The number of nitrogens with zero attached hydrogens (tertiary/aromatic N) is 2. The number of benzene rings is 2. The van der Waals surface area contributed by atoms with Crippen LogP contribution in [0.5, 0.6) is 0 Å². The summed E-state index contributed by atoms with van der Waals surface area (Å²) in [6.07, 6.45) is 0. The summed E-state index contributed by atoms with van der Waals surface area (Å²) in [7, 11) is 0. The van der Waals surface area contributed by atoms with Crippen molar-refractivity contribution in [3.8, 4) is 0 Å². The Kier molecular flexibility index (Phi) is 4.93. The molecule has 3 rings (SSSR count). The van der Waals surface area contributed by atoms with Crippen LogP contribution in [0.25, 0.3) is 0 Å². The maximum absolute atomic E-state index is 13.7. The number of hydrogen-bond donors (Lipinski definition) is 2. The molecular weight excluding hydrogens is 331 g/mol. The summed E-state index contributed by atoms with van der Waals surface area (Å²) in [5.41, 5.74) is 3.34. The van der Waals surface area contributed by atoms with Gasteiger partial charge in [-0.25, -0.2) is 14.4 Å². The maximum Gasteiger partial charge on any atom is 0.274 e. The molecule has 1 heterocycles. The molecule has 1 aromatic heterocycles. The minimum absolute atomic E-state index is 0.109. The van der Waals surface area contributed by atoms with Crippen molar-refractivity contribution in [3.05, 3.63) is 77.0 Å². The first kappa shape index (κ1) is 17.5. The molecule has 26 heavy (non-hydrogen) atoms. The van der Waals surface area contributed by atoms with Crippen LogP contribution in [0.3, 0.4) is 0 Å². The van der Waals surface area contributed by atoms with Crippen LogP contribution in [0.4, 0.5) is 21.6 Å². The van der Waals surface area contributed by atoms with Crippen LogP contribution in [0.1, 0.15) is 27.4 Å². The van der Waals surface area contributed by atoms with E-state index < -0.39 is 11.7 Å². The molecular formula is C20H19FN4O. The normalized spacial score (nSPS) is 10.5. The Bertz CT molecular complexity index is 952. The van der Waals surface area contributed by atoms with Gasteiger partial charge < -0.3 is 10.6 Å². The highest BCUT2D eigenvalue weighted by atomic mass is 19.1. The van der Waals surface area contributed by atoms with Gasteiger partial charge in [-0.2, -0.15) is 0 Å². The van der Waals surface area contributed by atoms with E-state index in [1.54, 1.807) is 25.1 Å². The van der Waals surface area contributed by atoms with E-state index in [4.69, 9.17) is 0 Å². The highest BCUT2D eigenvalue weighted by Crippen LogP contribution is 2.24. The van der Waals surface area contributed by atoms with Crippen molar-refractivity contribution in [2.45, 2.75) is 20.8 Å². The van der Waals surface area contributed by atoms with Crippen molar-refractivity contribution < 1.29 is 9.18 Å². The molecule has 0 saturated carbocycles. The summed E-state index contributed by atoms with van der Waals surface area (Å²) in [6, 6.07) is 13.5. The molecule has 0 fully saturated rings. The highest BCUT2D eigenvalue weighted by molar-refractivity contribution is 6.03. The molecule has 0 aliphatic carbocycles. The van der Waals surface area contributed by atoms with Gasteiger partial charge in [0.1, 0.15) is 23.2 Å². The molecule has 0 unspecified atom stereocenters. The zero-order valence-corrected chi connectivity index (χ0v) is 14.8. The molecule has 2 aromatic carbocycles. The number of carbonyl (C=O) groups is 1. The van der Waals surface area contributed by atoms with Crippen molar-refractivity contribution in [2.75, 3.05) is 10.6 Å². The number of anilines is 3. The number of halogens is 1. The third-order valence-electron chi connectivity index (χ3n) is 3.93. The van der Waals surface area contributed by atoms with Crippen LogP contribution in [0.15, 0.2) is 48.5 Å². The van der Waals surface area contributed by atoms with Gasteiger partial charge >= 0.3 is 0 Å². The third kappa shape index (κ3) is 3.85. The second-order valence-electron chi connectivity index (χ2n) is 6.01. The minimum Gasteiger partial charge on any atom is -0.340 e. The Balaban J connectivity index is 1.88. The summed E-state index contributed by atoms with van der Waals surface area (Å²) in [5, 5.41) is 5.78. The summed E-state index contributed by atoms with van der Waals surface area (Å²) in [5.74, 6) is -0.0424. The lowest BCUT2D eigenvalue weighted by Gasteiger charge is -2.13. The Hall–Kier alpha value is -3.28. The van der Waals surface area contributed by atoms with Gasteiger partial charge in [-0.15, -0.1) is 0 Å². The molecule has 2 N–H and O–H groups in total. The Morgan fingerprint density at radius 2 is 1.65 bits per heavy atom. The summed E-state index contributed by atoms with van der Waals surface area (Å²) in [6.45, 7) is 5.69. The predicted octanol–water partition coefficient (Wildman–Crippen LogP) is 4.54. The lowest BCUT2D eigenvalue weighted by atomic mass is 10.1. The largest absolute Gasteiger partial charge is 0.340 e. The summed E-state index contributed by atoms with van der Waals surface area (Å²) >= 11 is 0. The zero-order chi connectivity index (χ0) is 18.7. The number of carbonyl (C=O) groups excluding carboxylic acids is 1. The van der Waals surface area contributed by atoms with Crippen LogP contribution >= 0.6 is 0 Å². The van der Waals surface area contributed by atoms with Crippen molar-refractivity contribution >= 4 is 23.1 Å². The van der Waals surface area contributed by atoms with Crippen LogP contribution in [0.2, 0.25) is 0 Å². The lowest BCUT2D eigenvalue weighted by molar-refractivity contribution is 0.102. The molecule has 0 radical (unpaired) electrons. The van der Waals surface area contributed by atoms with Gasteiger partial charge in [0.05, 0.1) is 5.69 Å². The zero-order valence-electron chi connectivity index (χ0n) is 14.8. The average molecular weight is 350 g/mol. The third-order valence-corrected chi connectivity index (χ3v) is 3.93. The number of aromatic nitrogens is 2. The number of hydrogen-bond acceptors (Lipinski definition) is 4. The maximum atomic E-state index is 13.7. The van der Waals surface area contributed by atoms with E-state index in [9.17, 15) is 9.18 Å². The van der Waals surface area contributed by atoms with Gasteiger partial charge in [-0.05, 0) is 44.0 Å². The standard InChI is InChI=1S/C20H19FN4O/c1-12-7-6-8-13(2)19(12)25-18-11-17(22-14(3)23-18)20(26)24-16-10-5-4-9-15(16)21/h4-11H,1-3H3,(H,24,26)(H,22,23,25). The summed E-state index contributed by atoms with van der Waals surface area (Å²) < 4.78 is 13.7. The molecule has 0 aliphatic rings. The van der Waals surface area contributed by atoms with E-state index in [2.05, 4.69) is 20.6 Å². The SMILES string of the molecule is Cc1nc(Nc2c(C)cccc2C)cc(C(=O)Nc2ccccc2F)n1. The van der Waals surface area contributed by atoms with Gasteiger partial charge in [0, 0.05) is 11.8 Å². The van der Waals surface area contributed by atoms with Crippen LogP contribution in [-0.4, -0.2) is 15.9 Å². The number of rotatable bonds is 4. The fraction of sp³-hybridized carbons (Fsp3) is 0.150. The monoisotopic (exact) mass is 350 g/mol. The topological polar surface area (TPSA) is 66.9 Å². The number of amides is 1. The van der Waals surface area contributed by atoms with Crippen LogP contribution < -0.4 is 10.6 Å². The van der Waals surface area contributed by atoms with Gasteiger partial charge in [0.2, 0.25) is 0 Å². The van der Waals surface area contributed by atoms with Gasteiger partial charge in [0.25, 0.3) is 5.91 Å². The second kappa shape index (κ2) is 7.31. The van der Waals surface area contributed by atoms with Crippen molar-refractivity contribution in [2.24, 2.45) is 0 Å². The molecule has 132 valence electrons. The number of aryl methyl sites for hydroxylation is 3. The molecule has 0 spiro atoms. The lowest BCUT2D eigenvalue weighted by Crippen LogP contribution is -2.16. The van der Waals surface area contributed by atoms with Gasteiger partial charge in [-0.3, -0.25) is 4.79 Å². The minimum atomic E-state index is -0.500. The van der Waals surface area contributed by atoms with Gasteiger partial charge in [0.15, 0.2) is 0 Å². The van der Waals surface area contributed by atoms with Crippen molar-refractivity contribution in [1.29, 1.82) is 0 Å². The highest BCUT2D eigenvalue weighted by Gasteiger charge is 2.13. The van der Waals surface area contributed by atoms with E-state index in [0.717, 1.165) is 16.8 Å². The van der Waals surface area contributed by atoms with E-state index in [1.807, 2.05) is 32.0 Å². The van der Waals surface area contributed by atoms with E-state index in [0.29, 0.717) is 11.6 Å². The number of para-hydroxylation sites is 2. The summed E-state index contributed by atoms with van der Waals surface area (Å²) in [4.78, 5) is 21.0. The average Bonchev–Trinajstić information content (AvgIpc) is 2.60. The first-order chi connectivity index (χ1) is 12.4. The molecule has 0 atom stereocenters. The molecule has 6 heteroatoms. The molecule has 5 nitrogen and oxygen atoms in total. The first-order valence-electron chi connectivity index (χ1n) is 8.19.